The normalized spacial score (nSPS) is 10.5. The van der Waals surface area contributed by atoms with Gasteiger partial charge in [0.1, 0.15) is 11.6 Å². The summed E-state index contributed by atoms with van der Waals surface area (Å²) in [5.41, 5.74) is 4.35. The minimum atomic E-state index is 0. The summed E-state index contributed by atoms with van der Waals surface area (Å²) >= 11 is 7.58. The third kappa shape index (κ3) is 6.02. The van der Waals surface area contributed by atoms with E-state index in [-0.39, 0.29) is 12.4 Å². The van der Waals surface area contributed by atoms with E-state index in [4.69, 9.17) is 21.0 Å². The van der Waals surface area contributed by atoms with Gasteiger partial charge < -0.3 is 9.73 Å². The number of nitrogens with zero attached hydrogens (tertiary/aromatic N) is 2. The van der Waals surface area contributed by atoms with Crippen LogP contribution in [0.4, 0.5) is 5.82 Å². The molecule has 0 saturated heterocycles. The molecule has 0 aliphatic carbocycles. The van der Waals surface area contributed by atoms with Crippen molar-refractivity contribution in [2.75, 3.05) is 5.32 Å². The summed E-state index contributed by atoms with van der Waals surface area (Å²) in [6.07, 6.45) is 1.67. The average Bonchev–Trinajstić information content (AvgIpc) is 3.26. The number of aryl methyl sites for hydroxylation is 1. The molecule has 2 heterocycles. The number of furan rings is 1. The second-order valence-electron chi connectivity index (χ2n) is 6.64. The minimum absolute atomic E-state index is 0. The molecule has 0 aliphatic heterocycles. The summed E-state index contributed by atoms with van der Waals surface area (Å²) in [6.45, 7) is 2.64. The number of benzene rings is 2. The Bertz CT molecular complexity index is 1070. The Morgan fingerprint density at radius 2 is 1.77 bits per heavy atom. The van der Waals surface area contributed by atoms with Crippen molar-refractivity contribution in [3.63, 3.8) is 0 Å². The lowest BCUT2D eigenvalue weighted by molar-refractivity contribution is 0.517. The van der Waals surface area contributed by atoms with Gasteiger partial charge in [-0.2, -0.15) is 0 Å². The second kappa shape index (κ2) is 10.5. The lowest BCUT2D eigenvalue weighted by atomic mass is 10.1. The van der Waals surface area contributed by atoms with E-state index in [2.05, 4.69) is 41.5 Å². The quantitative estimate of drug-likeness (QED) is 0.238. The highest BCUT2D eigenvalue weighted by atomic mass is 35.5. The third-order valence-corrected chi connectivity index (χ3v) is 5.53. The third-order valence-electron chi connectivity index (χ3n) is 4.36. The molecule has 0 saturated carbocycles. The molecule has 30 heavy (non-hydrogen) atoms. The standard InChI is InChI=1S/C23H20ClN3OS.ClH/c1-16-4-8-18(9-5-16)21-13-22(25-14-20-3-2-12-28-20)27-23(26-21)29-15-17-6-10-19(24)11-7-17;/h2-13H,14-15H2,1H3,(H,25,26,27);1H. The Labute approximate surface area is 191 Å². The predicted octanol–water partition coefficient (Wildman–Crippen LogP) is 7.02. The van der Waals surface area contributed by atoms with Crippen molar-refractivity contribution in [1.82, 2.24) is 9.97 Å². The van der Waals surface area contributed by atoms with Crippen molar-refractivity contribution in [1.29, 1.82) is 0 Å². The Kier molecular flexibility index (Phi) is 7.80. The molecule has 4 rings (SSSR count). The summed E-state index contributed by atoms with van der Waals surface area (Å²) in [6, 6.07) is 22.0. The number of halogens is 2. The fraction of sp³-hybridized carbons (Fsp3) is 0.130. The first-order valence-corrected chi connectivity index (χ1v) is 10.6. The Morgan fingerprint density at radius 1 is 1.00 bits per heavy atom. The van der Waals surface area contributed by atoms with Crippen molar-refractivity contribution in [2.24, 2.45) is 0 Å². The van der Waals surface area contributed by atoms with E-state index in [0.717, 1.165) is 38.8 Å². The number of rotatable bonds is 7. The maximum absolute atomic E-state index is 5.98. The largest absolute Gasteiger partial charge is 0.467 e. The molecule has 1 N–H and O–H groups in total. The fourth-order valence-corrected chi connectivity index (χ4v) is 3.71. The number of aromatic nitrogens is 2. The number of thioether (sulfide) groups is 1. The number of hydrogen-bond acceptors (Lipinski definition) is 5. The van der Waals surface area contributed by atoms with Gasteiger partial charge >= 0.3 is 0 Å². The van der Waals surface area contributed by atoms with Gasteiger partial charge in [0.25, 0.3) is 0 Å². The van der Waals surface area contributed by atoms with Gasteiger partial charge in [-0.05, 0) is 36.8 Å². The van der Waals surface area contributed by atoms with Crippen LogP contribution >= 0.6 is 35.8 Å². The van der Waals surface area contributed by atoms with Crippen LogP contribution in [-0.2, 0) is 12.3 Å². The van der Waals surface area contributed by atoms with Crippen molar-refractivity contribution >= 4 is 41.6 Å². The van der Waals surface area contributed by atoms with E-state index in [1.807, 2.05) is 42.5 Å². The van der Waals surface area contributed by atoms with Gasteiger partial charge in [0.2, 0.25) is 0 Å². The van der Waals surface area contributed by atoms with Gasteiger partial charge in [-0.1, -0.05) is 65.3 Å². The molecule has 154 valence electrons. The van der Waals surface area contributed by atoms with E-state index in [0.29, 0.717) is 6.54 Å². The van der Waals surface area contributed by atoms with Crippen molar-refractivity contribution in [3.05, 3.63) is 94.9 Å². The van der Waals surface area contributed by atoms with Gasteiger partial charge in [-0.15, -0.1) is 12.4 Å². The van der Waals surface area contributed by atoms with Crippen LogP contribution in [0.3, 0.4) is 0 Å². The maximum Gasteiger partial charge on any atom is 0.190 e. The summed E-state index contributed by atoms with van der Waals surface area (Å²) in [7, 11) is 0. The molecule has 0 bridgehead atoms. The zero-order valence-corrected chi connectivity index (χ0v) is 18.7. The molecule has 0 unspecified atom stereocenters. The molecule has 0 radical (unpaired) electrons. The molecule has 7 heteroatoms. The molecular weight excluding hydrogens is 437 g/mol. The van der Waals surface area contributed by atoms with Crippen molar-refractivity contribution in [3.8, 4) is 11.3 Å². The monoisotopic (exact) mass is 457 g/mol. The molecule has 0 atom stereocenters. The lowest BCUT2D eigenvalue weighted by Gasteiger charge is -2.10. The highest BCUT2D eigenvalue weighted by molar-refractivity contribution is 7.98. The molecule has 2 aromatic heterocycles. The van der Waals surface area contributed by atoms with Gasteiger partial charge in [0.05, 0.1) is 18.5 Å². The van der Waals surface area contributed by atoms with Gasteiger partial charge in [-0.3, -0.25) is 0 Å². The van der Waals surface area contributed by atoms with Crippen LogP contribution in [0.25, 0.3) is 11.3 Å². The zero-order chi connectivity index (χ0) is 20.1. The first-order valence-electron chi connectivity index (χ1n) is 9.25. The summed E-state index contributed by atoms with van der Waals surface area (Å²) < 4.78 is 5.41. The zero-order valence-electron chi connectivity index (χ0n) is 16.3. The lowest BCUT2D eigenvalue weighted by Crippen LogP contribution is -2.03. The molecule has 0 fully saturated rings. The maximum atomic E-state index is 5.98. The molecule has 0 aliphatic rings. The first-order chi connectivity index (χ1) is 14.2. The summed E-state index contributed by atoms with van der Waals surface area (Å²) in [5, 5.41) is 4.80. The Hall–Kier alpha value is -2.47. The van der Waals surface area contributed by atoms with Crippen molar-refractivity contribution < 1.29 is 4.42 Å². The molecule has 2 aromatic carbocycles. The van der Waals surface area contributed by atoms with Crippen LogP contribution in [-0.4, -0.2) is 9.97 Å². The SMILES string of the molecule is Cc1ccc(-c2cc(NCc3ccco3)nc(SCc3ccc(Cl)cc3)n2)cc1.Cl. The van der Waals surface area contributed by atoms with Gasteiger partial charge in [0, 0.05) is 22.4 Å². The smallest absolute Gasteiger partial charge is 0.190 e. The molecule has 0 spiro atoms. The Balaban J connectivity index is 0.00000256. The predicted molar refractivity (Wildman–Crippen MR) is 127 cm³/mol. The van der Waals surface area contributed by atoms with E-state index in [1.165, 1.54) is 11.1 Å². The fourth-order valence-electron chi connectivity index (χ4n) is 2.77. The highest BCUT2D eigenvalue weighted by Gasteiger charge is 2.09. The molecule has 4 aromatic rings. The first kappa shape index (κ1) is 22.2. The number of hydrogen-bond donors (Lipinski definition) is 1. The van der Waals surface area contributed by atoms with Crippen LogP contribution < -0.4 is 5.32 Å². The van der Waals surface area contributed by atoms with Crippen molar-refractivity contribution in [2.45, 2.75) is 24.4 Å². The van der Waals surface area contributed by atoms with Crippen LogP contribution in [0, 0.1) is 6.92 Å². The average molecular weight is 458 g/mol. The van der Waals surface area contributed by atoms with Gasteiger partial charge in [-0.25, -0.2) is 9.97 Å². The minimum Gasteiger partial charge on any atom is -0.467 e. The molecule has 4 nitrogen and oxygen atoms in total. The van der Waals surface area contributed by atoms with E-state index >= 15 is 0 Å². The molecular formula is C23H21Cl2N3OS. The van der Waals surface area contributed by atoms with Crippen LogP contribution in [0.15, 0.2) is 82.6 Å². The van der Waals surface area contributed by atoms with E-state index in [1.54, 1.807) is 18.0 Å². The van der Waals surface area contributed by atoms with E-state index < -0.39 is 0 Å². The van der Waals surface area contributed by atoms with Crippen LogP contribution in [0.1, 0.15) is 16.9 Å². The summed E-state index contributed by atoms with van der Waals surface area (Å²) in [4.78, 5) is 9.45. The van der Waals surface area contributed by atoms with Crippen LogP contribution in [0.2, 0.25) is 5.02 Å². The molecule has 0 amide bonds. The second-order valence-corrected chi connectivity index (χ2v) is 8.01. The topological polar surface area (TPSA) is 51.0 Å². The number of nitrogens with one attached hydrogen (secondary N) is 1. The Morgan fingerprint density at radius 3 is 2.47 bits per heavy atom. The number of anilines is 1. The van der Waals surface area contributed by atoms with Gasteiger partial charge in [0.15, 0.2) is 5.16 Å². The van der Waals surface area contributed by atoms with Crippen LogP contribution in [0.5, 0.6) is 0 Å². The summed E-state index contributed by atoms with van der Waals surface area (Å²) in [5.74, 6) is 2.40. The van der Waals surface area contributed by atoms with E-state index in [9.17, 15) is 0 Å². The highest BCUT2D eigenvalue weighted by Crippen LogP contribution is 2.27.